The summed E-state index contributed by atoms with van der Waals surface area (Å²) in [4.78, 5) is 42.8. The summed E-state index contributed by atoms with van der Waals surface area (Å²) in [5.41, 5.74) is 1.10. The Hall–Kier alpha value is -3.96. The molecule has 43 heavy (non-hydrogen) atoms. The summed E-state index contributed by atoms with van der Waals surface area (Å²) in [6, 6.07) is 10.6. The van der Waals surface area contributed by atoms with Gasteiger partial charge in [0.1, 0.15) is 5.60 Å². The number of likely N-dealkylation sites (N-methyl/N-ethyl adjacent to an activating group) is 1. The molecule has 9 nitrogen and oxygen atoms in total. The van der Waals surface area contributed by atoms with Crippen molar-refractivity contribution in [1.82, 2.24) is 20.0 Å². The number of anilines is 1. The number of alkyl halides is 3. The zero-order valence-electron chi connectivity index (χ0n) is 25.7. The molecule has 3 rings (SSSR count). The highest BCUT2D eigenvalue weighted by atomic mass is 19.4. The summed E-state index contributed by atoms with van der Waals surface area (Å²) in [5, 5.41) is 6.06. The SMILES string of the molecule is CC(C)NC(=O)N1CCc2c(cccc2NCC(=O)N(CCN(C)C(=O)OC(C)(C)C)Cc2ccccc2C(F)(F)F)C1. The lowest BCUT2D eigenvalue weighted by atomic mass is 9.98. The number of nitrogens with zero attached hydrogens (tertiary/aromatic N) is 3. The van der Waals surface area contributed by atoms with Crippen molar-refractivity contribution in [1.29, 1.82) is 0 Å². The number of fused-ring (bicyclic) bond motifs is 1. The topological polar surface area (TPSA) is 94.2 Å². The molecule has 0 fully saturated rings. The Balaban J connectivity index is 1.76. The van der Waals surface area contributed by atoms with E-state index in [0.29, 0.717) is 19.5 Å². The van der Waals surface area contributed by atoms with Gasteiger partial charge in [0.2, 0.25) is 5.91 Å². The third kappa shape index (κ3) is 9.79. The smallest absolute Gasteiger partial charge is 0.416 e. The number of urea groups is 1. The third-order valence-corrected chi connectivity index (χ3v) is 6.84. The Morgan fingerprint density at radius 1 is 1.02 bits per heavy atom. The van der Waals surface area contributed by atoms with Crippen LogP contribution in [0.5, 0.6) is 0 Å². The van der Waals surface area contributed by atoms with E-state index in [9.17, 15) is 27.6 Å². The van der Waals surface area contributed by atoms with Gasteiger partial charge in [-0.25, -0.2) is 9.59 Å². The standard InChI is InChI=1S/C31H42F3N5O4/c1-21(2)36-28(41)39-15-14-24-22(19-39)11-9-13-26(24)35-18-27(40)38(17-16-37(6)29(42)43-30(3,4)5)20-23-10-7-8-12-25(23)31(32,33)34/h7-13,21,35H,14-20H2,1-6H3,(H,36,41). The maximum Gasteiger partial charge on any atom is 0.416 e. The molecule has 0 atom stereocenters. The predicted molar refractivity (Wildman–Crippen MR) is 158 cm³/mol. The average molecular weight is 606 g/mol. The number of ether oxygens (including phenoxy) is 1. The van der Waals surface area contributed by atoms with Crippen LogP contribution in [0, 0.1) is 0 Å². The fraction of sp³-hybridized carbons (Fsp3) is 0.516. The van der Waals surface area contributed by atoms with Gasteiger partial charge >= 0.3 is 18.3 Å². The van der Waals surface area contributed by atoms with Gasteiger partial charge in [-0.2, -0.15) is 13.2 Å². The van der Waals surface area contributed by atoms with Gasteiger partial charge in [0, 0.05) is 51.5 Å². The summed E-state index contributed by atoms with van der Waals surface area (Å²) in [6.07, 6.45) is -4.60. The normalized spacial score (nSPS) is 13.3. The van der Waals surface area contributed by atoms with E-state index in [1.54, 1.807) is 25.7 Å². The first-order valence-electron chi connectivity index (χ1n) is 14.3. The van der Waals surface area contributed by atoms with E-state index in [0.717, 1.165) is 22.9 Å². The van der Waals surface area contributed by atoms with Crippen molar-refractivity contribution in [2.24, 2.45) is 0 Å². The zero-order chi connectivity index (χ0) is 31.9. The highest BCUT2D eigenvalue weighted by molar-refractivity contribution is 5.81. The van der Waals surface area contributed by atoms with Crippen LogP contribution in [0.25, 0.3) is 0 Å². The Morgan fingerprint density at radius 2 is 1.72 bits per heavy atom. The molecule has 0 unspecified atom stereocenters. The molecule has 1 aliphatic rings. The average Bonchev–Trinajstić information content (AvgIpc) is 2.91. The molecule has 1 aliphatic heterocycles. The Morgan fingerprint density at radius 3 is 2.37 bits per heavy atom. The molecule has 0 aromatic heterocycles. The lowest BCUT2D eigenvalue weighted by Gasteiger charge is -2.31. The van der Waals surface area contributed by atoms with Gasteiger partial charge in [0.05, 0.1) is 12.1 Å². The summed E-state index contributed by atoms with van der Waals surface area (Å²) in [5.74, 6) is -0.430. The molecule has 236 valence electrons. The fourth-order valence-electron chi connectivity index (χ4n) is 4.70. The van der Waals surface area contributed by atoms with Crippen molar-refractivity contribution in [3.8, 4) is 0 Å². The van der Waals surface area contributed by atoms with Crippen molar-refractivity contribution in [2.75, 3.05) is 38.5 Å². The van der Waals surface area contributed by atoms with Gasteiger partial charge in [-0.3, -0.25) is 4.79 Å². The summed E-state index contributed by atoms with van der Waals surface area (Å²) in [7, 11) is 1.51. The van der Waals surface area contributed by atoms with E-state index in [-0.39, 0.29) is 43.8 Å². The van der Waals surface area contributed by atoms with Crippen LogP contribution in [0.15, 0.2) is 42.5 Å². The van der Waals surface area contributed by atoms with E-state index in [4.69, 9.17) is 4.74 Å². The summed E-state index contributed by atoms with van der Waals surface area (Å²) >= 11 is 0. The highest BCUT2D eigenvalue weighted by Gasteiger charge is 2.34. The van der Waals surface area contributed by atoms with E-state index < -0.39 is 29.3 Å². The van der Waals surface area contributed by atoms with E-state index >= 15 is 0 Å². The number of amides is 4. The minimum Gasteiger partial charge on any atom is -0.444 e. The Kier molecular flexibility index (Phi) is 10.9. The first-order valence-corrected chi connectivity index (χ1v) is 14.3. The first-order chi connectivity index (χ1) is 20.0. The molecule has 0 spiro atoms. The van der Waals surface area contributed by atoms with Crippen LogP contribution in [-0.4, -0.2) is 77.6 Å². The molecule has 0 saturated heterocycles. The summed E-state index contributed by atoms with van der Waals surface area (Å²) < 4.78 is 46.6. The second-order valence-corrected chi connectivity index (χ2v) is 11.9. The van der Waals surface area contributed by atoms with Gasteiger partial charge in [-0.15, -0.1) is 0 Å². The van der Waals surface area contributed by atoms with Crippen LogP contribution in [0.3, 0.4) is 0 Å². The predicted octanol–water partition coefficient (Wildman–Crippen LogP) is 5.49. The number of halogens is 3. The Bertz CT molecular complexity index is 1290. The van der Waals surface area contributed by atoms with Crippen molar-refractivity contribution >= 4 is 23.7 Å². The maximum atomic E-state index is 13.7. The molecule has 2 aromatic rings. The molecule has 2 N–H and O–H groups in total. The van der Waals surface area contributed by atoms with Crippen LogP contribution in [0.1, 0.15) is 56.9 Å². The summed E-state index contributed by atoms with van der Waals surface area (Å²) in [6.45, 7) is 9.52. The lowest BCUT2D eigenvalue weighted by Crippen LogP contribution is -2.45. The number of benzene rings is 2. The van der Waals surface area contributed by atoms with Crippen molar-refractivity contribution in [3.05, 3.63) is 64.7 Å². The van der Waals surface area contributed by atoms with Gasteiger partial charge in [0.15, 0.2) is 0 Å². The first kappa shape index (κ1) is 33.5. The van der Waals surface area contributed by atoms with Crippen molar-refractivity contribution in [3.63, 3.8) is 0 Å². The van der Waals surface area contributed by atoms with Crippen molar-refractivity contribution in [2.45, 2.75) is 71.9 Å². The second kappa shape index (κ2) is 14.0. The fourth-order valence-corrected chi connectivity index (χ4v) is 4.70. The maximum absolute atomic E-state index is 13.7. The molecule has 4 amide bonds. The zero-order valence-corrected chi connectivity index (χ0v) is 25.7. The largest absolute Gasteiger partial charge is 0.444 e. The van der Waals surface area contributed by atoms with Crippen LogP contribution in [0.2, 0.25) is 0 Å². The van der Waals surface area contributed by atoms with Crippen LogP contribution in [-0.2, 0) is 35.2 Å². The van der Waals surface area contributed by atoms with Gasteiger partial charge in [0.25, 0.3) is 0 Å². The quantitative estimate of drug-likeness (QED) is 0.395. The lowest BCUT2D eigenvalue weighted by molar-refractivity contribution is -0.139. The third-order valence-electron chi connectivity index (χ3n) is 6.84. The van der Waals surface area contributed by atoms with Gasteiger partial charge < -0.3 is 30.1 Å². The molecule has 0 saturated carbocycles. The molecule has 2 aromatic carbocycles. The molecule has 0 radical (unpaired) electrons. The van der Waals surface area contributed by atoms with Gasteiger partial charge in [-0.05, 0) is 69.9 Å². The number of hydrogen-bond donors (Lipinski definition) is 2. The van der Waals surface area contributed by atoms with Gasteiger partial charge in [-0.1, -0.05) is 30.3 Å². The van der Waals surface area contributed by atoms with Crippen molar-refractivity contribution < 1.29 is 32.3 Å². The number of hydrogen-bond acceptors (Lipinski definition) is 5. The molecule has 0 aliphatic carbocycles. The molecular formula is C31H42F3N5O4. The number of rotatable bonds is 9. The Labute approximate surface area is 251 Å². The van der Waals surface area contributed by atoms with E-state index in [2.05, 4.69) is 10.6 Å². The number of carbonyl (C=O) groups excluding carboxylic acids is 3. The number of carbonyl (C=O) groups is 3. The number of nitrogens with one attached hydrogen (secondary N) is 2. The van der Waals surface area contributed by atoms with Crippen LogP contribution >= 0.6 is 0 Å². The molecule has 12 heteroatoms. The molecule has 0 bridgehead atoms. The monoisotopic (exact) mass is 605 g/mol. The minimum absolute atomic E-state index is 0.00470. The van der Waals surface area contributed by atoms with E-state index in [1.165, 1.54) is 35.0 Å². The molecular weight excluding hydrogens is 563 g/mol. The highest BCUT2D eigenvalue weighted by Crippen LogP contribution is 2.32. The van der Waals surface area contributed by atoms with Crippen LogP contribution in [0.4, 0.5) is 28.4 Å². The van der Waals surface area contributed by atoms with Crippen LogP contribution < -0.4 is 10.6 Å². The second-order valence-electron chi connectivity index (χ2n) is 11.9. The minimum atomic E-state index is -4.58. The molecule has 1 heterocycles. The van der Waals surface area contributed by atoms with E-state index in [1.807, 2.05) is 32.0 Å².